The van der Waals surface area contributed by atoms with Gasteiger partial charge in [0.25, 0.3) is 0 Å². The van der Waals surface area contributed by atoms with Crippen molar-refractivity contribution in [2.24, 2.45) is 4.99 Å². The minimum Gasteiger partial charge on any atom is -0.319 e. The number of aliphatic imine (C=N–C) groups is 1. The average molecular weight is 220 g/mol. The standard InChI is InChI=1S/C15H12N2/c1-3-11-4-2-10-17-14-7-9-16-8-6-12(14)13(5-1)15(11)17/h1-3,5-6,8-10H,4,7H2. The van der Waals surface area contributed by atoms with Gasteiger partial charge in [0, 0.05) is 41.7 Å². The van der Waals surface area contributed by atoms with E-state index < -0.39 is 0 Å². The van der Waals surface area contributed by atoms with E-state index >= 15 is 0 Å². The van der Waals surface area contributed by atoms with E-state index in [4.69, 9.17) is 0 Å². The third kappa shape index (κ3) is 1.12. The van der Waals surface area contributed by atoms with E-state index in [2.05, 4.69) is 46.1 Å². The Morgan fingerprint density at radius 1 is 1.18 bits per heavy atom. The monoisotopic (exact) mass is 220 g/mol. The van der Waals surface area contributed by atoms with Gasteiger partial charge >= 0.3 is 0 Å². The summed E-state index contributed by atoms with van der Waals surface area (Å²) >= 11 is 0. The molecular weight excluding hydrogens is 208 g/mol. The molecule has 0 aliphatic carbocycles. The molecule has 0 fully saturated rings. The normalized spacial score (nSPS) is 16.2. The summed E-state index contributed by atoms with van der Waals surface area (Å²) in [4.78, 5) is 4.24. The molecule has 2 heteroatoms. The van der Waals surface area contributed by atoms with Gasteiger partial charge in [-0.25, -0.2) is 0 Å². The van der Waals surface area contributed by atoms with Gasteiger partial charge in [0.05, 0.1) is 5.52 Å². The molecule has 0 atom stereocenters. The molecule has 2 aliphatic rings. The van der Waals surface area contributed by atoms with Crippen molar-refractivity contribution in [1.82, 2.24) is 4.57 Å². The van der Waals surface area contributed by atoms with Crippen LogP contribution >= 0.6 is 0 Å². The highest BCUT2D eigenvalue weighted by atomic mass is 15.0. The Hall–Kier alpha value is -2.09. The second-order valence-corrected chi connectivity index (χ2v) is 4.48. The predicted molar refractivity (Wildman–Crippen MR) is 72.2 cm³/mol. The van der Waals surface area contributed by atoms with Crippen LogP contribution in [0.4, 0.5) is 0 Å². The Labute approximate surface area is 99.6 Å². The largest absolute Gasteiger partial charge is 0.319 e. The smallest absolute Gasteiger partial charge is 0.0566 e. The first kappa shape index (κ1) is 8.99. The second-order valence-electron chi connectivity index (χ2n) is 4.48. The number of aromatic nitrogens is 1. The summed E-state index contributed by atoms with van der Waals surface area (Å²) in [7, 11) is 0. The third-order valence-corrected chi connectivity index (χ3v) is 3.56. The van der Waals surface area contributed by atoms with E-state index in [0.717, 1.165) is 12.8 Å². The van der Waals surface area contributed by atoms with Crippen LogP contribution in [-0.2, 0) is 12.8 Å². The van der Waals surface area contributed by atoms with E-state index in [9.17, 15) is 0 Å². The number of hydrogen-bond acceptors (Lipinski definition) is 1. The lowest BCUT2D eigenvalue weighted by Crippen LogP contribution is -2.01. The zero-order chi connectivity index (χ0) is 11.2. The molecule has 82 valence electrons. The predicted octanol–water partition coefficient (Wildman–Crippen LogP) is 3.27. The Kier molecular flexibility index (Phi) is 1.69. The molecule has 0 saturated carbocycles. The van der Waals surface area contributed by atoms with Crippen molar-refractivity contribution >= 4 is 29.4 Å². The Balaban J connectivity index is 2.21. The maximum absolute atomic E-state index is 4.24. The van der Waals surface area contributed by atoms with E-state index in [1.54, 1.807) is 0 Å². The zero-order valence-corrected chi connectivity index (χ0v) is 9.43. The van der Waals surface area contributed by atoms with E-state index in [1.807, 2.05) is 12.4 Å². The highest BCUT2D eigenvalue weighted by Gasteiger charge is 2.18. The van der Waals surface area contributed by atoms with Crippen molar-refractivity contribution in [3.05, 3.63) is 47.3 Å². The summed E-state index contributed by atoms with van der Waals surface area (Å²) in [6.07, 6.45) is 12.4. The highest BCUT2D eigenvalue weighted by molar-refractivity contribution is 5.97. The van der Waals surface area contributed by atoms with Crippen molar-refractivity contribution in [2.45, 2.75) is 12.8 Å². The van der Waals surface area contributed by atoms with Crippen LogP contribution in [0, 0.1) is 0 Å². The molecule has 1 aromatic heterocycles. The molecule has 4 rings (SSSR count). The highest BCUT2D eigenvalue weighted by Crippen LogP contribution is 2.33. The molecule has 0 spiro atoms. The lowest BCUT2D eigenvalue weighted by Gasteiger charge is -2.11. The molecule has 0 bridgehead atoms. The van der Waals surface area contributed by atoms with Crippen LogP contribution in [0.1, 0.15) is 16.8 Å². The Bertz CT molecular complexity index is 699. The number of fused-ring (bicyclic) bond motifs is 3. The van der Waals surface area contributed by atoms with Crippen molar-refractivity contribution < 1.29 is 0 Å². The molecule has 17 heavy (non-hydrogen) atoms. The molecule has 0 saturated heterocycles. The number of benzene rings is 1. The first-order valence-electron chi connectivity index (χ1n) is 5.94. The number of nitrogens with zero attached hydrogens (tertiary/aromatic N) is 2. The summed E-state index contributed by atoms with van der Waals surface area (Å²) in [6, 6.07) is 6.59. The molecule has 0 amide bonds. The maximum Gasteiger partial charge on any atom is 0.0566 e. The minimum absolute atomic E-state index is 0.904. The first-order valence-corrected chi connectivity index (χ1v) is 5.94. The summed E-state index contributed by atoms with van der Waals surface area (Å²) in [5, 5.41) is 1.35. The molecular formula is C15H12N2. The minimum atomic E-state index is 0.904. The van der Waals surface area contributed by atoms with Gasteiger partial charge in [0.2, 0.25) is 0 Å². The van der Waals surface area contributed by atoms with Crippen molar-refractivity contribution in [1.29, 1.82) is 0 Å². The molecule has 3 heterocycles. The summed E-state index contributed by atoms with van der Waals surface area (Å²) in [5.41, 5.74) is 5.47. The van der Waals surface area contributed by atoms with Gasteiger partial charge in [-0.3, -0.25) is 4.99 Å². The van der Waals surface area contributed by atoms with Crippen molar-refractivity contribution in [3.8, 4) is 0 Å². The topological polar surface area (TPSA) is 17.3 Å². The van der Waals surface area contributed by atoms with Crippen LogP contribution in [0.5, 0.6) is 0 Å². The number of rotatable bonds is 0. The fourth-order valence-corrected chi connectivity index (χ4v) is 2.84. The Morgan fingerprint density at radius 3 is 3.18 bits per heavy atom. The molecule has 2 aromatic rings. The second kappa shape index (κ2) is 3.20. The fourth-order valence-electron chi connectivity index (χ4n) is 2.84. The average Bonchev–Trinajstić information content (AvgIpc) is 2.55. The van der Waals surface area contributed by atoms with Gasteiger partial charge < -0.3 is 4.57 Å². The lowest BCUT2D eigenvalue weighted by atomic mass is 10.0. The van der Waals surface area contributed by atoms with E-state index in [0.29, 0.717) is 0 Å². The van der Waals surface area contributed by atoms with E-state index in [-0.39, 0.29) is 0 Å². The number of para-hydroxylation sites is 1. The van der Waals surface area contributed by atoms with Crippen LogP contribution in [0.15, 0.2) is 35.5 Å². The third-order valence-electron chi connectivity index (χ3n) is 3.56. The SMILES string of the molecule is C1=Cn2c3c(c4cccc(c42)C1)C=CN=CC3. The first-order chi connectivity index (χ1) is 8.45. The fraction of sp³-hybridized carbons (Fsp3) is 0.133. The quantitative estimate of drug-likeness (QED) is 0.648. The van der Waals surface area contributed by atoms with Crippen molar-refractivity contribution in [3.63, 3.8) is 0 Å². The van der Waals surface area contributed by atoms with Crippen LogP contribution in [-0.4, -0.2) is 10.8 Å². The lowest BCUT2D eigenvalue weighted by molar-refractivity contribution is 1.05. The summed E-state index contributed by atoms with van der Waals surface area (Å²) in [6.45, 7) is 0. The van der Waals surface area contributed by atoms with Crippen molar-refractivity contribution in [2.75, 3.05) is 0 Å². The van der Waals surface area contributed by atoms with Crippen LogP contribution < -0.4 is 0 Å². The van der Waals surface area contributed by atoms with Gasteiger partial charge in [-0.1, -0.05) is 24.3 Å². The summed E-state index contributed by atoms with van der Waals surface area (Å²) < 4.78 is 2.32. The molecule has 1 aromatic carbocycles. The maximum atomic E-state index is 4.24. The molecule has 2 aliphatic heterocycles. The molecule has 2 nitrogen and oxygen atoms in total. The van der Waals surface area contributed by atoms with Crippen LogP contribution in [0.2, 0.25) is 0 Å². The number of allylic oxidation sites excluding steroid dienone is 1. The number of hydrogen-bond donors (Lipinski definition) is 0. The van der Waals surface area contributed by atoms with Gasteiger partial charge in [0.1, 0.15) is 0 Å². The Morgan fingerprint density at radius 2 is 2.18 bits per heavy atom. The van der Waals surface area contributed by atoms with Gasteiger partial charge in [0.15, 0.2) is 0 Å². The van der Waals surface area contributed by atoms with Crippen LogP contribution in [0.3, 0.4) is 0 Å². The molecule has 0 N–H and O–H groups in total. The zero-order valence-electron chi connectivity index (χ0n) is 9.43. The van der Waals surface area contributed by atoms with Crippen LogP contribution in [0.25, 0.3) is 23.2 Å². The summed E-state index contributed by atoms with van der Waals surface area (Å²) in [5.74, 6) is 0. The van der Waals surface area contributed by atoms with Gasteiger partial charge in [-0.2, -0.15) is 0 Å². The van der Waals surface area contributed by atoms with Gasteiger partial charge in [-0.05, 0) is 18.1 Å². The van der Waals surface area contributed by atoms with Gasteiger partial charge in [-0.15, -0.1) is 0 Å². The molecule has 0 radical (unpaired) electrons. The van der Waals surface area contributed by atoms with E-state index in [1.165, 1.54) is 27.7 Å². The molecule has 0 unspecified atom stereocenters.